The fourth-order valence-corrected chi connectivity index (χ4v) is 4.13. The summed E-state index contributed by atoms with van der Waals surface area (Å²) in [6, 6.07) is 3.98. The number of hydrogen-bond acceptors (Lipinski definition) is 5. The highest BCUT2D eigenvalue weighted by Gasteiger charge is 2.22. The van der Waals surface area contributed by atoms with Gasteiger partial charge in [-0.15, -0.1) is 11.3 Å². The van der Waals surface area contributed by atoms with Gasteiger partial charge in [-0.3, -0.25) is 0 Å². The molecule has 0 saturated carbocycles. The van der Waals surface area contributed by atoms with E-state index < -0.39 is 15.6 Å². The fourth-order valence-electron chi connectivity index (χ4n) is 1.53. The van der Waals surface area contributed by atoms with Crippen molar-refractivity contribution in [1.29, 1.82) is 0 Å². The van der Waals surface area contributed by atoms with Crippen LogP contribution in [0.1, 0.15) is 32.6 Å². The van der Waals surface area contributed by atoms with E-state index in [0.29, 0.717) is 10.3 Å². The molecule has 0 saturated heterocycles. The van der Waals surface area contributed by atoms with Crippen molar-refractivity contribution in [2.24, 2.45) is 0 Å². The van der Waals surface area contributed by atoms with Crippen LogP contribution in [0.4, 0.5) is 0 Å². The van der Waals surface area contributed by atoms with Gasteiger partial charge in [0.25, 0.3) is 0 Å². The lowest BCUT2D eigenvalue weighted by atomic mass is 10.1. The Morgan fingerprint density at radius 1 is 1.33 bits per heavy atom. The molecule has 7 heteroatoms. The third-order valence-electron chi connectivity index (χ3n) is 3.07. The van der Waals surface area contributed by atoms with Crippen LogP contribution in [0.15, 0.2) is 16.3 Å². The molecule has 0 radical (unpaired) electrons. The second-order valence-electron chi connectivity index (χ2n) is 5.87. The Balaban J connectivity index is 2.62. The molecule has 0 aliphatic rings. The zero-order chi connectivity index (χ0) is 16.1. The van der Waals surface area contributed by atoms with Crippen LogP contribution < -0.4 is 10.0 Å². The van der Waals surface area contributed by atoms with Gasteiger partial charge in [-0.1, -0.05) is 13.8 Å². The first-order valence-electron chi connectivity index (χ1n) is 7.03. The maximum atomic E-state index is 12.2. The van der Waals surface area contributed by atoms with E-state index in [0.717, 1.165) is 17.8 Å². The molecule has 0 aliphatic carbocycles. The summed E-state index contributed by atoms with van der Waals surface area (Å²) in [6.07, 6.45) is 0.835. The quantitative estimate of drug-likeness (QED) is 0.725. The molecule has 5 nitrogen and oxygen atoms in total. The van der Waals surface area contributed by atoms with Gasteiger partial charge < -0.3 is 10.1 Å². The van der Waals surface area contributed by atoms with Crippen molar-refractivity contribution in [2.45, 2.75) is 50.0 Å². The molecule has 0 fully saturated rings. The zero-order valence-corrected chi connectivity index (χ0v) is 15.0. The largest absolute Gasteiger partial charge is 0.377 e. The van der Waals surface area contributed by atoms with Crippen molar-refractivity contribution in [2.75, 3.05) is 20.2 Å². The molecule has 1 aromatic heterocycles. The van der Waals surface area contributed by atoms with E-state index in [2.05, 4.69) is 23.9 Å². The fraction of sp³-hybridized carbons (Fsp3) is 0.714. The van der Waals surface area contributed by atoms with Crippen LogP contribution in [-0.4, -0.2) is 40.3 Å². The van der Waals surface area contributed by atoms with Gasteiger partial charge in [-0.25, -0.2) is 13.1 Å². The van der Waals surface area contributed by atoms with E-state index in [4.69, 9.17) is 4.74 Å². The summed E-state index contributed by atoms with van der Waals surface area (Å²) >= 11 is 1.32. The summed E-state index contributed by atoms with van der Waals surface area (Å²) in [6.45, 7) is 8.95. The van der Waals surface area contributed by atoms with Crippen molar-refractivity contribution in [3.8, 4) is 0 Å². The number of ether oxygens (including phenoxy) is 1. The highest BCUT2D eigenvalue weighted by molar-refractivity contribution is 7.91. The molecule has 0 spiro atoms. The van der Waals surface area contributed by atoms with E-state index >= 15 is 0 Å². The third kappa shape index (κ3) is 6.44. The second kappa shape index (κ2) is 7.69. The Kier molecular flexibility index (Phi) is 6.80. The van der Waals surface area contributed by atoms with Crippen LogP contribution >= 0.6 is 11.3 Å². The Bertz CT molecular complexity index is 536. The van der Waals surface area contributed by atoms with Gasteiger partial charge in [0.15, 0.2) is 0 Å². The average molecular weight is 335 g/mol. The summed E-state index contributed by atoms with van der Waals surface area (Å²) in [7, 11) is -1.89. The van der Waals surface area contributed by atoms with Crippen molar-refractivity contribution >= 4 is 21.4 Å². The van der Waals surface area contributed by atoms with Gasteiger partial charge in [0.2, 0.25) is 10.0 Å². The second-order valence-corrected chi connectivity index (χ2v) is 9.03. The normalized spacial score (nSPS) is 13.0. The Morgan fingerprint density at radius 2 is 2.00 bits per heavy atom. The highest BCUT2D eigenvalue weighted by atomic mass is 32.2. The zero-order valence-electron chi connectivity index (χ0n) is 13.4. The van der Waals surface area contributed by atoms with Crippen LogP contribution in [0.3, 0.4) is 0 Å². The van der Waals surface area contributed by atoms with E-state index in [1.807, 2.05) is 19.9 Å². The van der Waals surface area contributed by atoms with Crippen LogP contribution in [0.2, 0.25) is 0 Å². The van der Waals surface area contributed by atoms with Crippen LogP contribution in [-0.2, 0) is 21.2 Å². The van der Waals surface area contributed by atoms with Crippen LogP contribution in [0.25, 0.3) is 0 Å². The molecule has 2 N–H and O–H groups in total. The third-order valence-corrected chi connectivity index (χ3v) is 6.10. The first-order valence-corrected chi connectivity index (χ1v) is 9.33. The van der Waals surface area contributed by atoms with Gasteiger partial charge in [-0.2, -0.15) is 0 Å². The van der Waals surface area contributed by atoms with Crippen LogP contribution in [0.5, 0.6) is 0 Å². The van der Waals surface area contributed by atoms with Crippen molar-refractivity contribution in [1.82, 2.24) is 10.0 Å². The molecule has 0 atom stereocenters. The lowest BCUT2D eigenvalue weighted by Crippen LogP contribution is -2.39. The molecular formula is C14H26N2O3S2. The number of sulfonamides is 1. The molecule has 0 bridgehead atoms. The van der Waals surface area contributed by atoms with Crippen molar-refractivity contribution in [3.63, 3.8) is 0 Å². The molecule has 21 heavy (non-hydrogen) atoms. The molecule has 0 unspecified atom stereocenters. The molecule has 1 heterocycles. The number of methoxy groups -OCH3 is 1. The van der Waals surface area contributed by atoms with Gasteiger partial charge in [0.1, 0.15) is 4.21 Å². The van der Waals surface area contributed by atoms with E-state index in [-0.39, 0.29) is 6.54 Å². The first-order chi connectivity index (χ1) is 9.66. The van der Waals surface area contributed by atoms with Crippen molar-refractivity contribution < 1.29 is 13.2 Å². The topological polar surface area (TPSA) is 67.4 Å². The Hall–Kier alpha value is -0.470. The summed E-state index contributed by atoms with van der Waals surface area (Å²) in [5.74, 6) is 0. The number of rotatable bonds is 9. The molecule has 1 rings (SSSR count). The summed E-state index contributed by atoms with van der Waals surface area (Å²) < 4.78 is 32.6. The molecular weight excluding hydrogens is 308 g/mol. The minimum absolute atomic E-state index is 0.244. The highest BCUT2D eigenvalue weighted by Crippen LogP contribution is 2.22. The molecule has 1 aromatic rings. The Morgan fingerprint density at radius 3 is 2.57 bits per heavy atom. The van der Waals surface area contributed by atoms with Gasteiger partial charge in [-0.05, 0) is 32.4 Å². The Labute approximate surface area is 132 Å². The summed E-state index contributed by atoms with van der Waals surface area (Å²) in [5, 5.41) is 3.32. The minimum Gasteiger partial charge on any atom is -0.377 e. The number of nitrogens with one attached hydrogen (secondary N) is 2. The monoisotopic (exact) mass is 334 g/mol. The predicted molar refractivity (Wildman–Crippen MR) is 87.4 cm³/mol. The lowest BCUT2D eigenvalue weighted by molar-refractivity contribution is 0.0276. The standard InChI is InChI=1S/C14H26N2O3S2/c1-11(2)15-9-8-12-6-7-13(20-12)21(17,18)16-10-14(3,4)19-5/h6-7,11,15-16H,8-10H2,1-5H3. The van der Waals surface area contributed by atoms with E-state index in [1.165, 1.54) is 11.3 Å². The van der Waals surface area contributed by atoms with E-state index in [9.17, 15) is 8.42 Å². The molecule has 0 aromatic carbocycles. The predicted octanol–water partition coefficient (Wildman–Crippen LogP) is 1.99. The minimum atomic E-state index is -3.46. The summed E-state index contributed by atoms with van der Waals surface area (Å²) in [5.41, 5.74) is -0.520. The maximum absolute atomic E-state index is 12.2. The molecule has 122 valence electrons. The number of hydrogen-bond donors (Lipinski definition) is 2. The SMILES string of the molecule is COC(C)(C)CNS(=O)(=O)c1ccc(CCNC(C)C)s1. The van der Waals surface area contributed by atoms with Crippen molar-refractivity contribution in [3.05, 3.63) is 17.0 Å². The summed E-state index contributed by atoms with van der Waals surface area (Å²) in [4.78, 5) is 1.06. The smallest absolute Gasteiger partial charge is 0.250 e. The van der Waals surface area contributed by atoms with Crippen LogP contribution in [0, 0.1) is 0 Å². The van der Waals surface area contributed by atoms with Gasteiger partial charge in [0.05, 0.1) is 5.60 Å². The molecule has 0 aliphatic heterocycles. The van der Waals surface area contributed by atoms with Gasteiger partial charge in [0, 0.05) is 31.1 Å². The lowest BCUT2D eigenvalue weighted by Gasteiger charge is -2.22. The van der Waals surface area contributed by atoms with E-state index in [1.54, 1.807) is 13.2 Å². The van der Waals surface area contributed by atoms with Gasteiger partial charge >= 0.3 is 0 Å². The number of thiophene rings is 1. The first kappa shape index (κ1) is 18.6. The molecule has 0 amide bonds. The average Bonchev–Trinajstić information content (AvgIpc) is 2.86. The maximum Gasteiger partial charge on any atom is 0.250 e.